The number of hydrogen-bond acceptors (Lipinski definition) is 6. The van der Waals surface area contributed by atoms with Crippen molar-refractivity contribution < 1.29 is 17.9 Å². The summed E-state index contributed by atoms with van der Waals surface area (Å²) < 4.78 is 30.0. The smallest absolute Gasteiger partial charge is 0.264 e. The van der Waals surface area contributed by atoms with Crippen molar-refractivity contribution in [1.29, 1.82) is 0 Å². The van der Waals surface area contributed by atoms with E-state index in [1.54, 1.807) is 6.08 Å². The highest BCUT2D eigenvalue weighted by Crippen LogP contribution is 2.18. The zero-order chi connectivity index (χ0) is 16.2. The lowest BCUT2D eigenvalue weighted by atomic mass is 10.1. The van der Waals surface area contributed by atoms with Gasteiger partial charge in [-0.3, -0.25) is 19.6 Å². The average molecular weight is 331 g/mol. The Labute approximate surface area is 130 Å². The van der Waals surface area contributed by atoms with Crippen molar-refractivity contribution in [3.05, 3.63) is 34.0 Å². The lowest BCUT2D eigenvalue weighted by Crippen LogP contribution is -2.46. The molecule has 124 valence electrons. The number of allylic oxidation sites excluding steroid dienone is 1. The molecule has 0 aromatic rings. The van der Waals surface area contributed by atoms with E-state index < -0.39 is 16.2 Å². The maximum Gasteiger partial charge on any atom is 0.264 e. The molecule has 0 unspecified atom stereocenters. The van der Waals surface area contributed by atoms with Crippen molar-refractivity contribution >= 4 is 10.1 Å². The van der Waals surface area contributed by atoms with Gasteiger partial charge in [-0.25, -0.2) is 0 Å². The quantitative estimate of drug-likeness (QED) is 0.426. The molecule has 1 aliphatic heterocycles. The molecule has 0 aromatic carbocycles. The normalized spacial score (nSPS) is 23.4. The Morgan fingerprint density at radius 3 is 2.50 bits per heavy atom. The van der Waals surface area contributed by atoms with Crippen LogP contribution in [0.4, 0.5) is 0 Å². The van der Waals surface area contributed by atoms with Crippen LogP contribution < -0.4 is 0 Å². The van der Waals surface area contributed by atoms with Gasteiger partial charge in [0.1, 0.15) is 0 Å². The molecule has 1 atom stereocenters. The predicted octanol–water partition coefficient (Wildman–Crippen LogP) is 0.371. The Balaban J connectivity index is 1.74. The Bertz CT molecular complexity index is 564. The molecule has 0 spiro atoms. The van der Waals surface area contributed by atoms with Gasteiger partial charge in [-0.15, -0.1) is 0 Å². The molecule has 1 fully saturated rings. The molecule has 0 aromatic heterocycles. The first-order chi connectivity index (χ1) is 10.3. The molecular weight excluding hydrogens is 310 g/mol. The molecular formula is C13H21N3O5S. The standard InChI is InChI=1S/C13H21N3O5S/c17-16(18)13-4-2-12(3-5-13)15-9-7-14(8-10-15)6-1-11-22(19,20)21/h2-4,13H,1,5-11H2,(H,19,20,21)/t13-/m0/s1. The number of nitro groups is 1. The number of nitrogens with zero attached hydrogens (tertiary/aromatic N) is 3. The molecule has 0 bridgehead atoms. The van der Waals surface area contributed by atoms with Crippen LogP contribution in [0.3, 0.4) is 0 Å². The van der Waals surface area contributed by atoms with Gasteiger partial charge >= 0.3 is 0 Å². The summed E-state index contributed by atoms with van der Waals surface area (Å²) >= 11 is 0. The molecule has 1 aliphatic carbocycles. The lowest BCUT2D eigenvalue weighted by molar-refractivity contribution is -0.508. The predicted molar refractivity (Wildman–Crippen MR) is 81.7 cm³/mol. The van der Waals surface area contributed by atoms with Crippen LogP contribution in [0.5, 0.6) is 0 Å². The van der Waals surface area contributed by atoms with Crippen molar-refractivity contribution in [2.75, 3.05) is 38.5 Å². The first-order valence-electron chi connectivity index (χ1n) is 7.29. The van der Waals surface area contributed by atoms with Crippen molar-refractivity contribution in [1.82, 2.24) is 9.80 Å². The summed E-state index contributed by atoms with van der Waals surface area (Å²) in [5.74, 6) is -0.205. The third-order valence-corrected chi connectivity index (χ3v) is 4.75. The van der Waals surface area contributed by atoms with E-state index in [2.05, 4.69) is 9.80 Å². The summed E-state index contributed by atoms with van der Waals surface area (Å²) in [7, 11) is -3.88. The average Bonchev–Trinajstić information content (AvgIpc) is 2.47. The summed E-state index contributed by atoms with van der Waals surface area (Å²) in [4.78, 5) is 14.8. The van der Waals surface area contributed by atoms with E-state index in [1.807, 2.05) is 12.2 Å². The van der Waals surface area contributed by atoms with E-state index in [1.165, 1.54) is 0 Å². The summed E-state index contributed by atoms with van der Waals surface area (Å²) in [6, 6.07) is -0.620. The SMILES string of the molecule is O=[N+]([O-])[C@H]1C=CC(N2CCN(CCCS(=O)(=O)O)CC2)=CC1. The fraction of sp³-hybridized carbons (Fsp3) is 0.692. The molecule has 1 N–H and O–H groups in total. The third-order valence-electron chi connectivity index (χ3n) is 3.94. The van der Waals surface area contributed by atoms with Gasteiger partial charge < -0.3 is 4.90 Å². The molecule has 0 saturated carbocycles. The van der Waals surface area contributed by atoms with Crippen molar-refractivity contribution in [3.63, 3.8) is 0 Å². The zero-order valence-corrected chi connectivity index (χ0v) is 13.1. The first kappa shape index (κ1) is 16.9. The fourth-order valence-corrected chi connectivity index (χ4v) is 3.18. The minimum atomic E-state index is -3.88. The van der Waals surface area contributed by atoms with Crippen LogP contribution in [0.25, 0.3) is 0 Å². The Kier molecular flexibility index (Phi) is 5.54. The molecule has 1 heterocycles. The number of rotatable bonds is 6. The second-order valence-corrected chi connectivity index (χ2v) is 7.12. The van der Waals surface area contributed by atoms with Crippen molar-refractivity contribution in [2.24, 2.45) is 0 Å². The van der Waals surface area contributed by atoms with Crippen LogP contribution in [0.1, 0.15) is 12.8 Å². The molecule has 1 saturated heterocycles. The Morgan fingerprint density at radius 1 is 1.32 bits per heavy atom. The maximum absolute atomic E-state index is 10.7. The molecule has 0 amide bonds. The fourth-order valence-electron chi connectivity index (χ4n) is 2.69. The molecule has 2 aliphatic rings. The Hall–Kier alpha value is -1.45. The monoisotopic (exact) mass is 331 g/mol. The largest absolute Gasteiger partial charge is 0.369 e. The summed E-state index contributed by atoms with van der Waals surface area (Å²) in [5.41, 5.74) is 1.02. The van der Waals surface area contributed by atoms with E-state index in [0.717, 1.165) is 31.9 Å². The van der Waals surface area contributed by atoms with Crippen LogP contribution in [-0.4, -0.2) is 72.2 Å². The van der Waals surface area contributed by atoms with E-state index in [4.69, 9.17) is 4.55 Å². The lowest BCUT2D eigenvalue weighted by Gasteiger charge is -2.37. The second kappa shape index (κ2) is 7.21. The summed E-state index contributed by atoms with van der Waals surface area (Å²) in [5, 5.41) is 10.7. The van der Waals surface area contributed by atoms with Gasteiger partial charge in [-0.1, -0.05) is 6.08 Å². The third kappa shape index (κ3) is 5.08. The van der Waals surface area contributed by atoms with E-state index in [-0.39, 0.29) is 10.7 Å². The summed E-state index contributed by atoms with van der Waals surface area (Å²) in [6.07, 6.45) is 6.19. The molecule has 2 rings (SSSR count). The van der Waals surface area contributed by atoms with E-state index >= 15 is 0 Å². The van der Waals surface area contributed by atoms with Crippen LogP contribution >= 0.6 is 0 Å². The highest BCUT2D eigenvalue weighted by molar-refractivity contribution is 7.85. The van der Waals surface area contributed by atoms with Crippen LogP contribution in [-0.2, 0) is 10.1 Å². The van der Waals surface area contributed by atoms with Gasteiger partial charge in [0.25, 0.3) is 10.1 Å². The van der Waals surface area contributed by atoms with E-state index in [0.29, 0.717) is 19.4 Å². The van der Waals surface area contributed by atoms with Crippen LogP contribution in [0, 0.1) is 10.1 Å². The van der Waals surface area contributed by atoms with Crippen molar-refractivity contribution in [3.8, 4) is 0 Å². The maximum atomic E-state index is 10.7. The topological polar surface area (TPSA) is 104 Å². The van der Waals surface area contributed by atoms with Gasteiger partial charge in [0.05, 0.1) is 5.75 Å². The molecule has 22 heavy (non-hydrogen) atoms. The minimum absolute atomic E-state index is 0.205. The Morgan fingerprint density at radius 2 is 2.00 bits per heavy atom. The van der Waals surface area contributed by atoms with Gasteiger partial charge in [-0.2, -0.15) is 8.42 Å². The second-order valence-electron chi connectivity index (χ2n) is 5.54. The van der Waals surface area contributed by atoms with Crippen LogP contribution in [0.15, 0.2) is 23.9 Å². The van der Waals surface area contributed by atoms with Gasteiger partial charge in [0.15, 0.2) is 0 Å². The van der Waals surface area contributed by atoms with Gasteiger partial charge in [0, 0.05) is 43.2 Å². The molecule has 9 heteroatoms. The van der Waals surface area contributed by atoms with Gasteiger partial charge in [0.2, 0.25) is 6.04 Å². The van der Waals surface area contributed by atoms with Crippen molar-refractivity contribution in [2.45, 2.75) is 18.9 Å². The molecule has 8 nitrogen and oxygen atoms in total. The van der Waals surface area contributed by atoms with Crippen LogP contribution in [0.2, 0.25) is 0 Å². The van der Waals surface area contributed by atoms with E-state index in [9.17, 15) is 18.5 Å². The number of hydrogen-bond donors (Lipinski definition) is 1. The zero-order valence-electron chi connectivity index (χ0n) is 12.3. The minimum Gasteiger partial charge on any atom is -0.369 e. The highest BCUT2D eigenvalue weighted by atomic mass is 32.2. The first-order valence-corrected chi connectivity index (χ1v) is 8.90. The number of piperazine rings is 1. The van der Waals surface area contributed by atoms with Gasteiger partial charge in [-0.05, 0) is 25.1 Å². The highest BCUT2D eigenvalue weighted by Gasteiger charge is 2.23. The summed E-state index contributed by atoms with van der Waals surface area (Å²) in [6.45, 7) is 3.90. The molecule has 0 radical (unpaired) electrons.